The van der Waals surface area contributed by atoms with Crippen LogP contribution in [0.3, 0.4) is 0 Å². The maximum absolute atomic E-state index is 11.8. The van der Waals surface area contributed by atoms with Gasteiger partial charge in [0.25, 0.3) is 0 Å². The summed E-state index contributed by atoms with van der Waals surface area (Å²) in [5.41, 5.74) is 5.46. The van der Waals surface area contributed by atoms with Crippen LogP contribution < -0.4 is 10.5 Å². The standard InChI is InChI=1S/C14H17NO7/c1-21-12-6-8(2-4-10(12)16)11(17)7-22-13(18)5-3-9(15)14(19)20/h2,4,6,9,16H,3,5,7,15H2,1H3,(H,19,20)/t9-/m0/s1. The molecule has 1 aromatic carbocycles. The number of phenolic OH excluding ortho intramolecular Hbond substituents is 1. The van der Waals surface area contributed by atoms with Gasteiger partial charge < -0.3 is 25.4 Å². The Morgan fingerprint density at radius 1 is 1.32 bits per heavy atom. The van der Waals surface area contributed by atoms with Gasteiger partial charge in [0.1, 0.15) is 6.04 Å². The normalized spacial score (nSPS) is 11.5. The van der Waals surface area contributed by atoms with Crippen LogP contribution in [-0.4, -0.2) is 47.7 Å². The van der Waals surface area contributed by atoms with Crippen LogP contribution in [0.1, 0.15) is 23.2 Å². The summed E-state index contributed by atoms with van der Waals surface area (Å²) in [5, 5.41) is 18.0. The number of carboxylic acid groups (broad SMARTS) is 1. The zero-order valence-electron chi connectivity index (χ0n) is 11.9. The van der Waals surface area contributed by atoms with Gasteiger partial charge >= 0.3 is 11.9 Å². The molecule has 8 heteroatoms. The Balaban J connectivity index is 2.49. The van der Waals surface area contributed by atoms with Gasteiger partial charge in [-0.3, -0.25) is 14.4 Å². The van der Waals surface area contributed by atoms with Gasteiger partial charge in [-0.05, 0) is 24.6 Å². The summed E-state index contributed by atoms with van der Waals surface area (Å²) >= 11 is 0. The number of benzene rings is 1. The molecule has 1 rings (SSSR count). The highest BCUT2D eigenvalue weighted by Gasteiger charge is 2.16. The first-order chi connectivity index (χ1) is 10.3. The maximum atomic E-state index is 11.8. The zero-order valence-corrected chi connectivity index (χ0v) is 11.9. The van der Waals surface area contributed by atoms with Crippen LogP contribution in [0.15, 0.2) is 18.2 Å². The number of nitrogens with two attached hydrogens (primary N) is 1. The van der Waals surface area contributed by atoms with Crippen LogP contribution in [0.5, 0.6) is 11.5 Å². The first-order valence-corrected chi connectivity index (χ1v) is 6.39. The van der Waals surface area contributed by atoms with Crippen molar-refractivity contribution in [3.63, 3.8) is 0 Å². The minimum Gasteiger partial charge on any atom is -0.504 e. The maximum Gasteiger partial charge on any atom is 0.320 e. The van der Waals surface area contributed by atoms with Gasteiger partial charge in [-0.1, -0.05) is 0 Å². The molecule has 1 atom stereocenters. The summed E-state index contributed by atoms with van der Waals surface area (Å²) in [6.45, 7) is -0.491. The molecule has 0 aromatic heterocycles. The van der Waals surface area contributed by atoms with E-state index in [1.54, 1.807) is 0 Å². The molecule has 4 N–H and O–H groups in total. The van der Waals surface area contributed by atoms with Crippen molar-refractivity contribution in [2.45, 2.75) is 18.9 Å². The number of Topliss-reactive ketones (excluding diaryl/α,β-unsaturated/α-hetero) is 1. The van der Waals surface area contributed by atoms with E-state index in [4.69, 9.17) is 20.3 Å². The Bertz CT molecular complexity index is 570. The number of aliphatic carboxylic acids is 1. The van der Waals surface area contributed by atoms with Crippen molar-refractivity contribution in [3.8, 4) is 11.5 Å². The van der Waals surface area contributed by atoms with Crippen LogP contribution >= 0.6 is 0 Å². The van der Waals surface area contributed by atoms with Gasteiger partial charge in [0, 0.05) is 12.0 Å². The molecule has 8 nitrogen and oxygen atoms in total. The average molecular weight is 311 g/mol. The lowest BCUT2D eigenvalue weighted by molar-refractivity contribution is -0.143. The minimum absolute atomic E-state index is 0.0740. The van der Waals surface area contributed by atoms with Crippen molar-refractivity contribution in [1.29, 1.82) is 0 Å². The first kappa shape index (κ1) is 17.4. The minimum atomic E-state index is -1.21. The fourth-order valence-electron chi connectivity index (χ4n) is 1.55. The molecule has 0 heterocycles. The van der Waals surface area contributed by atoms with Gasteiger partial charge in [-0.15, -0.1) is 0 Å². The summed E-state index contributed by atoms with van der Waals surface area (Å²) in [5.74, 6) is -2.38. The molecule has 0 radical (unpaired) electrons. The zero-order chi connectivity index (χ0) is 16.7. The van der Waals surface area contributed by atoms with E-state index in [1.165, 1.54) is 25.3 Å². The summed E-state index contributed by atoms with van der Waals surface area (Å²) in [6.07, 6.45) is -0.269. The van der Waals surface area contributed by atoms with Gasteiger partial charge in [0.2, 0.25) is 0 Å². The second-order valence-electron chi connectivity index (χ2n) is 4.45. The smallest absolute Gasteiger partial charge is 0.320 e. The highest BCUT2D eigenvalue weighted by molar-refractivity contribution is 5.98. The van der Waals surface area contributed by atoms with E-state index >= 15 is 0 Å². The third-order valence-corrected chi connectivity index (χ3v) is 2.84. The Morgan fingerprint density at radius 3 is 2.59 bits per heavy atom. The predicted octanol–water partition coefficient (Wildman–Crippen LogP) is 0.319. The van der Waals surface area contributed by atoms with E-state index in [-0.39, 0.29) is 29.9 Å². The second-order valence-corrected chi connectivity index (χ2v) is 4.45. The number of phenols is 1. The second kappa shape index (κ2) is 7.99. The van der Waals surface area contributed by atoms with Crippen molar-refractivity contribution >= 4 is 17.7 Å². The number of carbonyl (C=O) groups excluding carboxylic acids is 2. The molecular weight excluding hydrogens is 294 g/mol. The number of ketones is 1. The number of carboxylic acids is 1. The number of methoxy groups -OCH3 is 1. The van der Waals surface area contributed by atoms with Crippen LogP contribution in [-0.2, 0) is 14.3 Å². The molecule has 120 valence electrons. The quantitative estimate of drug-likeness (QED) is 0.461. The third kappa shape index (κ3) is 5.06. The molecule has 0 bridgehead atoms. The average Bonchev–Trinajstić information content (AvgIpc) is 2.50. The summed E-state index contributed by atoms with van der Waals surface area (Å²) in [4.78, 5) is 33.7. The lowest BCUT2D eigenvalue weighted by Gasteiger charge is -2.08. The molecular formula is C14H17NO7. The molecule has 1 aromatic rings. The fourth-order valence-corrected chi connectivity index (χ4v) is 1.55. The highest BCUT2D eigenvalue weighted by atomic mass is 16.5. The van der Waals surface area contributed by atoms with E-state index in [2.05, 4.69) is 0 Å². The van der Waals surface area contributed by atoms with E-state index in [9.17, 15) is 19.5 Å². The fraction of sp³-hybridized carbons (Fsp3) is 0.357. The summed E-state index contributed by atoms with van der Waals surface area (Å²) < 4.78 is 9.62. The third-order valence-electron chi connectivity index (χ3n) is 2.84. The molecule has 0 saturated heterocycles. The van der Waals surface area contributed by atoms with Crippen molar-refractivity contribution in [2.75, 3.05) is 13.7 Å². The number of aromatic hydroxyl groups is 1. The number of carbonyl (C=O) groups is 3. The molecule has 22 heavy (non-hydrogen) atoms. The van der Waals surface area contributed by atoms with Crippen LogP contribution in [0.2, 0.25) is 0 Å². The van der Waals surface area contributed by atoms with Crippen molar-refractivity contribution in [3.05, 3.63) is 23.8 Å². The van der Waals surface area contributed by atoms with Crippen LogP contribution in [0.4, 0.5) is 0 Å². The number of hydrogen-bond donors (Lipinski definition) is 3. The molecule has 0 saturated carbocycles. The molecule has 0 fully saturated rings. The molecule has 0 amide bonds. The van der Waals surface area contributed by atoms with E-state index in [0.29, 0.717) is 0 Å². The van der Waals surface area contributed by atoms with Crippen LogP contribution in [0, 0.1) is 0 Å². The van der Waals surface area contributed by atoms with Crippen molar-refractivity contribution in [2.24, 2.45) is 5.73 Å². The molecule has 0 aliphatic heterocycles. The first-order valence-electron chi connectivity index (χ1n) is 6.39. The largest absolute Gasteiger partial charge is 0.504 e. The van der Waals surface area contributed by atoms with E-state index in [0.717, 1.165) is 0 Å². The topological polar surface area (TPSA) is 136 Å². The molecule has 0 spiro atoms. The van der Waals surface area contributed by atoms with Gasteiger partial charge in [-0.2, -0.15) is 0 Å². The number of hydrogen-bond acceptors (Lipinski definition) is 7. The number of ether oxygens (including phenoxy) is 2. The van der Waals surface area contributed by atoms with E-state index in [1.807, 2.05) is 0 Å². The SMILES string of the molecule is COc1cc(C(=O)COC(=O)CC[C@H](N)C(=O)O)ccc1O. The Labute approximate surface area is 126 Å². The molecule has 0 unspecified atom stereocenters. The summed E-state index contributed by atoms with van der Waals surface area (Å²) in [7, 11) is 1.34. The predicted molar refractivity (Wildman–Crippen MR) is 74.8 cm³/mol. The Kier molecular flexibility index (Phi) is 6.33. The number of rotatable bonds is 8. The van der Waals surface area contributed by atoms with Gasteiger partial charge in [0.15, 0.2) is 23.9 Å². The summed E-state index contributed by atoms with van der Waals surface area (Å²) in [6, 6.07) is 2.84. The molecule has 0 aliphatic rings. The van der Waals surface area contributed by atoms with Crippen LogP contribution in [0.25, 0.3) is 0 Å². The van der Waals surface area contributed by atoms with Gasteiger partial charge in [-0.25, -0.2) is 0 Å². The Hall–Kier alpha value is -2.61. The van der Waals surface area contributed by atoms with Gasteiger partial charge in [0.05, 0.1) is 7.11 Å². The lowest BCUT2D eigenvalue weighted by atomic mass is 10.1. The van der Waals surface area contributed by atoms with Crippen molar-refractivity contribution in [1.82, 2.24) is 0 Å². The lowest BCUT2D eigenvalue weighted by Crippen LogP contribution is -2.30. The number of esters is 1. The Morgan fingerprint density at radius 2 is 2.00 bits per heavy atom. The monoisotopic (exact) mass is 311 g/mol. The molecule has 0 aliphatic carbocycles. The van der Waals surface area contributed by atoms with Crippen molar-refractivity contribution < 1.29 is 34.1 Å². The highest BCUT2D eigenvalue weighted by Crippen LogP contribution is 2.26. The van der Waals surface area contributed by atoms with E-state index < -0.39 is 30.4 Å².